The van der Waals surface area contributed by atoms with Gasteiger partial charge in [0, 0.05) is 17.7 Å². The lowest BCUT2D eigenvalue weighted by Crippen LogP contribution is -2.21. The molecule has 1 amide bonds. The van der Waals surface area contributed by atoms with Crippen LogP contribution in [0.5, 0.6) is 0 Å². The molecule has 0 fully saturated rings. The third-order valence-corrected chi connectivity index (χ3v) is 3.79. The van der Waals surface area contributed by atoms with E-state index in [4.69, 9.17) is 4.42 Å². The van der Waals surface area contributed by atoms with Gasteiger partial charge >= 0.3 is 0 Å². The highest BCUT2D eigenvalue weighted by Gasteiger charge is 2.36. The largest absolute Gasteiger partial charge is 0.463 e. The zero-order valence-electron chi connectivity index (χ0n) is 11.6. The second-order valence-corrected chi connectivity index (χ2v) is 5.09. The maximum absolute atomic E-state index is 12.1. The van der Waals surface area contributed by atoms with Gasteiger partial charge in [-0.2, -0.15) is 5.10 Å². The van der Waals surface area contributed by atoms with Gasteiger partial charge in [0.15, 0.2) is 11.5 Å². The van der Waals surface area contributed by atoms with Crippen molar-refractivity contribution in [3.8, 4) is 11.5 Å². The molecule has 1 aliphatic rings. The first kappa shape index (κ1) is 13.3. The minimum atomic E-state index is -0.464. The van der Waals surface area contributed by atoms with Crippen LogP contribution in [0.3, 0.4) is 0 Å². The molecule has 4 rings (SSSR count). The molecule has 8 nitrogen and oxygen atoms in total. The molecule has 0 aliphatic carbocycles. The summed E-state index contributed by atoms with van der Waals surface area (Å²) >= 11 is 0. The minimum absolute atomic E-state index is 0.00301. The van der Waals surface area contributed by atoms with Gasteiger partial charge in [-0.15, -0.1) is 0 Å². The van der Waals surface area contributed by atoms with E-state index in [-0.39, 0.29) is 11.6 Å². The molecule has 114 valence electrons. The van der Waals surface area contributed by atoms with Crippen LogP contribution < -0.4 is 5.32 Å². The molecule has 2 N–H and O–H groups in total. The highest BCUT2D eigenvalue weighted by Crippen LogP contribution is 2.37. The summed E-state index contributed by atoms with van der Waals surface area (Å²) in [5.74, 6) is 0.277. The molecule has 0 bridgehead atoms. The van der Waals surface area contributed by atoms with E-state index in [0.29, 0.717) is 22.7 Å². The number of aromatic amines is 1. The van der Waals surface area contributed by atoms with Gasteiger partial charge in [0.2, 0.25) is 0 Å². The second kappa shape index (κ2) is 4.80. The van der Waals surface area contributed by atoms with Gasteiger partial charge in [-0.1, -0.05) is 0 Å². The van der Waals surface area contributed by atoms with Crippen molar-refractivity contribution in [2.75, 3.05) is 0 Å². The molecule has 8 heteroatoms. The standard InChI is InChI=1S/C15H10N4O4/c20-15-14-11(13(17-18-14)10-2-1-7-23-10)12(16-15)8-3-5-9(6-4-8)19(21)22/h1-7,12H,(H,16,20)(H,17,18)/t12-/m0/s1. The van der Waals surface area contributed by atoms with Crippen molar-refractivity contribution in [3.05, 3.63) is 69.6 Å². The predicted molar refractivity (Wildman–Crippen MR) is 78.7 cm³/mol. The fourth-order valence-electron chi connectivity index (χ4n) is 2.72. The topological polar surface area (TPSA) is 114 Å². The van der Waals surface area contributed by atoms with E-state index in [1.54, 1.807) is 24.3 Å². The van der Waals surface area contributed by atoms with Gasteiger partial charge in [0.25, 0.3) is 11.6 Å². The first-order valence-electron chi connectivity index (χ1n) is 6.82. The predicted octanol–water partition coefficient (Wildman–Crippen LogP) is 2.41. The van der Waals surface area contributed by atoms with E-state index in [0.717, 1.165) is 5.56 Å². The Kier molecular flexibility index (Phi) is 2.77. The highest BCUT2D eigenvalue weighted by molar-refractivity contribution is 5.99. The van der Waals surface area contributed by atoms with Crippen molar-refractivity contribution in [2.45, 2.75) is 6.04 Å². The number of rotatable bonds is 3. The van der Waals surface area contributed by atoms with Gasteiger partial charge in [0.05, 0.1) is 17.2 Å². The second-order valence-electron chi connectivity index (χ2n) is 5.09. The SMILES string of the molecule is O=C1N[C@@H](c2ccc([N+](=O)[O-])cc2)c2c1n[nH]c2-c1ccco1. The Labute approximate surface area is 129 Å². The Bertz CT molecular complexity index is 896. The number of benzene rings is 1. The summed E-state index contributed by atoms with van der Waals surface area (Å²) in [5, 5.41) is 20.5. The number of nitro groups is 1. The van der Waals surface area contributed by atoms with E-state index < -0.39 is 11.0 Å². The normalized spacial score (nSPS) is 16.2. The van der Waals surface area contributed by atoms with Crippen LogP contribution in [0.15, 0.2) is 47.1 Å². The molecular formula is C15H10N4O4. The number of aromatic nitrogens is 2. The number of nitrogens with one attached hydrogen (secondary N) is 2. The lowest BCUT2D eigenvalue weighted by atomic mass is 9.99. The highest BCUT2D eigenvalue weighted by atomic mass is 16.6. The third-order valence-electron chi connectivity index (χ3n) is 3.79. The number of nitro benzene ring substituents is 1. The van der Waals surface area contributed by atoms with E-state index in [1.165, 1.54) is 18.4 Å². The summed E-state index contributed by atoms with van der Waals surface area (Å²) in [6.45, 7) is 0. The molecule has 0 saturated carbocycles. The lowest BCUT2D eigenvalue weighted by Gasteiger charge is -2.12. The maximum Gasteiger partial charge on any atom is 0.272 e. The number of hydrogen-bond acceptors (Lipinski definition) is 5. The Morgan fingerprint density at radius 1 is 1.22 bits per heavy atom. The first-order valence-corrected chi connectivity index (χ1v) is 6.82. The zero-order valence-corrected chi connectivity index (χ0v) is 11.6. The zero-order chi connectivity index (χ0) is 16.0. The minimum Gasteiger partial charge on any atom is -0.463 e. The number of carbonyl (C=O) groups excluding carboxylic acids is 1. The Hall–Kier alpha value is -3.42. The lowest BCUT2D eigenvalue weighted by molar-refractivity contribution is -0.384. The molecule has 1 atom stereocenters. The number of carbonyl (C=O) groups is 1. The van der Waals surface area contributed by atoms with Crippen molar-refractivity contribution < 1.29 is 14.1 Å². The number of fused-ring (bicyclic) bond motifs is 1. The molecule has 0 unspecified atom stereocenters. The number of hydrogen-bond donors (Lipinski definition) is 2. The Morgan fingerprint density at radius 3 is 2.65 bits per heavy atom. The summed E-state index contributed by atoms with van der Waals surface area (Å²) in [4.78, 5) is 22.4. The average molecular weight is 310 g/mol. The van der Waals surface area contributed by atoms with Crippen LogP contribution in [-0.4, -0.2) is 21.0 Å². The summed E-state index contributed by atoms with van der Waals surface area (Å²) in [6, 6.07) is 9.14. The first-order chi connectivity index (χ1) is 11.1. The van der Waals surface area contributed by atoms with Crippen LogP contribution in [0.2, 0.25) is 0 Å². The molecule has 0 radical (unpaired) electrons. The fourth-order valence-corrected chi connectivity index (χ4v) is 2.72. The van der Waals surface area contributed by atoms with Gasteiger partial charge in [-0.3, -0.25) is 20.0 Å². The Morgan fingerprint density at radius 2 is 2.00 bits per heavy atom. The van der Waals surface area contributed by atoms with E-state index in [9.17, 15) is 14.9 Å². The van der Waals surface area contributed by atoms with Crippen molar-refractivity contribution in [1.29, 1.82) is 0 Å². The van der Waals surface area contributed by atoms with Gasteiger partial charge in [-0.25, -0.2) is 0 Å². The van der Waals surface area contributed by atoms with Crippen LogP contribution in [0.1, 0.15) is 27.7 Å². The van der Waals surface area contributed by atoms with Crippen molar-refractivity contribution in [2.24, 2.45) is 0 Å². The number of nitrogens with zero attached hydrogens (tertiary/aromatic N) is 2. The molecule has 0 saturated heterocycles. The van der Waals surface area contributed by atoms with Gasteiger partial charge in [0.1, 0.15) is 5.69 Å². The molecule has 1 aromatic carbocycles. The van der Waals surface area contributed by atoms with Crippen LogP contribution >= 0.6 is 0 Å². The molecule has 3 aromatic rings. The smallest absolute Gasteiger partial charge is 0.272 e. The van der Waals surface area contributed by atoms with Gasteiger partial charge in [-0.05, 0) is 29.8 Å². The fraction of sp³-hybridized carbons (Fsp3) is 0.0667. The molecule has 23 heavy (non-hydrogen) atoms. The maximum atomic E-state index is 12.1. The van der Waals surface area contributed by atoms with Crippen LogP contribution in [0, 0.1) is 10.1 Å². The summed E-state index contributed by atoms with van der Waals surface area (Å²) in [6.07, 6.45) is 1.54. The third kappa shape index (κ3) is 2.00. The van der Waals surface area contributed by atoms with Crippen molar-refractivity contribution in [3.63, 3.8) is 0 Å². The number of non-ortho nitro benzene ring substituents is 1. The van der Waals surface area contributed by atoms with E-state index in [1.807, 2.05) is 0 Å². The summed E-state index contributed by atoms with van der Waals surface area (Å²) < 4.78 is 5.37. The van der Waals surface area contributed by atoms with Crippen LogP contribution in [0.25, 0.3) is 11.5 Å². The molecule has 0 spiro atoms. The number of amides is 1. The van der Waals surface area contributed by atoms with Gasteiger partial charge < -0.3 is 9.73 Å². The van der Waals surface area contributed by atoms with E-state index in [2.05, 4.69) is 15.5 Å². The average Bonchev–Trinajstić information content (AvgIpc) is 3.25. The monoisotopic (exact) mass is 310 g/mol. The quantitative estimate of drug-likeness (QED) is 0.569. The summed E-state index contributed by atoms with van der Waals surface area (Å²) in [5.41, 5.74) is 2.33. The van der Waals surface area contributed by atoms with Crippen molar-refractivity contribution >= 4 is 11.6 Å². The summed E-state index contributed by atoms with van der Waals surface area (Å²) in [7, 11) is 0. The molecule has 1 aliphatic heterocycles. The van der Waals surface area contributed by atoms with E-state index >= 15 is 0 Å². The molecule has 2 aromatic heterocycles. The number of furan rings is 1. The molecule has 3 heterocycles. The van der Waals surface area contributed by atoms with Crippen LogP contribution in [0.4, 0.5) is 5.69 Å². The molecular weight excluding hydrogens is 300 g/mol. The van der Waals surface area contributed by atoms with Crippen molar-refractivity contribution in [1.82, 2.24) is 15.5 Å². The number of H-pyrrole nitrogens is 1. The Balaban J connectivity index is 1.80. The van der Waals surface area contributed by atoms with Crippen LogP contribution in [-0.2, 0) is 0 Å².